The van der Waals surface area contributed by atoms with Crippen molar-refractivity contribution in [1.82, 2.24) is 0 Å². The highest BCUT2D eigenvalue weighted by molar-refractivity contribution is 7.64. The molecule has 0 aromatic heterocycles. The Morgan fingerprint density at radius 1 is 1.00 bits per heavy atom. The van der Waals surface area contributed by atoms with Crippen LogP contribution >= 0.6 is 7.80 Å². The minimum atomic E-state index is -1.94. The van der Waals surface area contributed by atoms with E-state index in [0.29, 0.717) is 23.2 Å². The van der Waals surface area contributed by atoms with Crippen molar-refractivity contribution >= 4 is 13.3 Å². The fraction of sp³-hybridized carbons (Fsp3) is 0.667. The first-order chi connectivity index (χ1) is 12.7. The third kappa shape index (κ3) is 6.09. The van der Waals surface area contributed by atoms with Gasteiger partial charge in [-0.1, -0.05) is 62.0 Å². The van der Waals surface area contributed by atoms with Crippen LogP contribution in [0.1, 0.15) is 74.6 Å². The SMILES string of the molecule is COc1cccc(OC)c1C(=O)[P+](=O)CCCCCCCC1CCCC1. The van der Waals surface area contributed by atoms with Crippen LogP contribution in [0.4, 0.5) is 0 Å². The fourth-order valence-corrected chi connectivity index (χ4v) is 4.99. The molecule has 0 bridgehead atoms. The molecule has 0 N–H and O–H groups in total. The topological polar surface area (TPSA) is 52.6 Å². The van der Waals surface area contributed by atoms with Gasteiger partial charge in [0.15, 0.2) is 11.7 Å². The molecule has 1 fully saturated rings. The molecule has 5 heteroatoms. The van der Waals surface area contributed by atoms with Gasteiger partial charge in [-0.25, -0.2) is 4.79 Å². The minimum Gasteiger partial charge on any atom is -0.496 e. The van der Waals surface area contributed by atoms with Crippen molar-refractivity contribution in [2.75, 3.05) is 20.4 Å². The maximum Gasteiger partial charge on any atom is 0.420 e. The van der Waals surface area contributed by atoms with Crippen LogP contribution in [0.15, 0.2) is 18.2 Å². The van der Waals surface area contributed by atoms with Gasteiger partial charge in [0.2, 0.25) is 0 Å². The molecule has 1 aromatic rings. The highest BCUT2D eigenvalue weighted by atomic mass is 31.1. The fourth-order valence-electron chi connectivity index (χ4n) is 3.81. The highest BCUT2D eigenvalue weighted by Crippen LogP contribution is 2.38. The van der Waals surface area contributed by atoms with E-state index in [1.807, 2.05) is 0 Å². The monoisotopic (exact) mass is 379 g/mol. The van der Waals surface area contributed by atoms with Gasteiger partial charge in [0.1, 0.15) is 11.5 Å². The van der Waals surface area contributed by atoms with E-state index >= 15 is 0 Å². The molecule has 1 unspecified atom stereocenters. The van der Waals surface area contributed by atoms with Gasteiger partial charge in [0.05, 0.1) is 14.2 Å². The summed E-state index contributed by atoms with van der Waals surface area (Å²) in [6, 6.07) is 5.15. The number of unbranched alkanes of at least 4 members (excludes halogenated alkanes) is 4. The molecule has 0 amide bonds. The summed E-state index contributed by atoms with van der Waals surface area (Å²) in [5.41, 5.74) is -0.0642. The Morgan fingerprint density at radius 3 is 2.19 bits per heavy atom. The van der Waals surface area contributed by atoms with Crippen LogP contribution in [-0.2, 0) is 4.57 Å². The Balaban J connectivity index is 1.70. The molecule has 1 aliphatic carbocycles. The van der Waals surface area contributed by atoms with E-state index in [1.54, 1.807) is 18.2 Å². The number of benzene rings is 1. The number of methoxy groups -OCH3 is 2. The average molecular weight is 379 g/mol. The third-order valence-electron chi connectivity index (χ3n) is 5.32. The molecule has 0 saturated heterocycles. The van der Waals surface area contributed by atoms with Crippen molar-refractivity contribution in [2.45, 2.75) is 64.2 Å². The first-order valence-corrected chi connectivity index (χ1v) is 11.3. The molecule has 1 saturated carbocycles. The smallest absolute Gasteiger partial charge is 0.420 e. The van der Waals surface area contributed by atoms with E-state index in [2.05, 4.69) is 0 Å². The molecule has 26 heavy (non-hydrogen) atoms. The highest BCUT2D eigenvalue weighted by Gasteiger charge is 2.34. The van der Waals surface area contributed by atoms with Crippen LogP contribution in [0.2, 0.25) is 0 Å². The van der Waals surface area contributed by atoms with E-state index < -0.39 is 7.80 Å². The van der Waals surface area contributed by atoms with Gasteiger partial charge in [-0.05, 0) is 30.9 Å². The maximum absolute atomic E-state index is 12.6. The van der Waals surface area contributed by atoms with Gasteiger partial charge < -0.3 is 9.47 Å². The number of hydrogen-bond donors (Lipinski definition) is 0. The summed E-state index contributed by atoms with van der Waals surface area (Å²) in [5, 5.41) is 0. The zero-order valence-corrected chi connectivity index (χ0v) is 17.1. The van der Waals surface area contributed by atoms with Crippen molar-refractivity contribution in [1.29, 1.82) is 0 Å². The molecule has 144 valence electrons. The van der Waals surface area contributed by atoms with E-state index in [9.17, 15) is 9.36 Å². The van der Waals surface area contributed by atoms with Crippen LogP contribution in [0.5, 0.6) is 11.5 Å². The number of rotatable bonds is 12. The van der Waals surface area contributed by atoms with Gasteiger partial charge in [-0.15, -0.1) is 0 Å². The van der Waals surface area contributed by atoms with Crippen molar-refractivity contribution in [3.8, 4) is 11.5 Å². The van der Waals surface area contributed by atoms with Crippen LogP contribution in [-0.4, -0.2) is 25.9 Å². The van der Waals surface area contributed by atoms with Gasteiger partial charge in [-0.3, -0.25) is 0 Å². The average Bonchev–Trinajstić information content (AvgIpc) is 3.19. The molecule has 1 atom stereocenters. The predicted octanol–water partition coefficient (Wildman–Crippen LogP) is 6.20. The van der Waals surface area contributed by atoms with E-state index in [1.165, 1.54) is 65.6 Å². The van der Waals surface area contributed by atoms with Crippen LogP contribution in [0.25, 0.3) is 0 Å². The Morgan fingerprint density at radius 2 is 1.58 bits per heavy atom. The van der Waals surface area contributed by atoms with Gasteiger partial charge in [-0.2, -0.15) is 0 Å². The zero-order valence-electron chi connectivity index (χ0n) is 16.2. The summed E-state index contributed by atoms with van der Waals surface area (Å²) in [4.78, 5) is 12.6. The maximum atomic E-state index is 12.6. The van der Waals surface area contributed by atoms with Crippen LogP contribution in [0.3, 0.4) is 0 Å². The van der Waals surface area contributed by atoms with Gasteiger partial charge in [0.25, 0.3) is 0 Å². The first-order valence-electron chi connectivity index (χ1n) is 9.87. The lowest BCUT2D eigenvalue weighted by molar-refractivity contribution is 0.107. The Labute approximate surface area is 158 Å². The molecule has 1 aromatic carbocycles. The lowest BCUT2D eigenvalue weighted by Crippen LogP contribution is -2.03. The first kappa shape index (κ1) is 20.9. The summed E-state index contributed by atoms with van der Waals surface area (Å²) in [6.45, 7) is 0. The predicted molar refractivity (Wildman–Crippen MR) is 106 cm³/mol. The Hall–Kier alpha value is -1.41. The molecule has 0 radical (unpaired) electrons. The lowest BCUT2D eigenvalue weighted by Gasteiger charge is -2.08. The molecule has 0 heterocycles. The third-order valence-corrected chi connectivity index (χ3v) is 6.72. The molecule has 0 aliphatic heterocycles. The Bertz CT molecular complexity index is 571. The number of carbonyl (C=O) groups is 1. The normalized spacial score (nSPS) is 15.1. The van der Waals surface area contributed by atoms with Crippen molar-refractivity contribution in [3.63, 3.8) is 0 Å². The molecular formula is C21H32O4P+. The van der Waals surface area contributed by atoms with Crippen molar-refractivity contribution in [2.24, 2.45) is 5.92 Å². The second-order valence-corrected chi connectivity index (χ2v) is 8.76. The van der Waals surface area contributed by atoms with Crippen LogP contribution in [0, 0.1) is 5.92 Å². The molecule has 0 spiro atoms. The van der Waals surface area contributed by atoms with Gasteiger partial charge >= 0.3 is 13.3 Å². The Kier molecular flexibility index (Phi) is 9.11. The second-order valence-electron chi connectivity index (χ2n) is 7.15. The summed E-state index contributed by atoms with van der Waals surface area (Å²) >= 11 is 0. The number of ether oxygens (including phenoxy) is 2. The molecule has 2 rings (SSSR count). The van der Waals surface area contributed by atoms with E-state index in [4.69, 9.17) is 9.47 Å². The summed E-state index contributed by atoms with van der Waals surface area (Å²) in [7, 11) is 1.07. The quantitative estimate of drug-likeness (QED) is 0.320. The largest absolute Gasteiger partial charge is 0.496 e. The van der Waals surface area contributed by atoms with Crippen molar-refractivity contribution < 1.29 is 18.8 Å². The zero-order chi connectivity index (χ0) is 18.8. The molecule has 1 aliphatic rings. The minimum absolute atomic E-state index is 0.301. The summed E-state index contributed by atoms with van der Waals surface area (Å²) in [5.74, 6) is 1.81. The van der Waals surface area contributed by atoms with Crippen molar-refractivity contribution in [3.05, 3.63) is 23.8 Å². The standard InChI is InChI=1S/C21H32O4P/c1-24-18-14-10-15-19(25-2)20(18)21(22)26(23)16-9-5-3-4-6-11-17-12-7-8-13-17/h10,14-15,17H,3-9,11-13,16H2,1-2H3/q+1. The molecular weight excluding hydrogens is 347 g/mol. The lowest BCUT2D eigenvalue weighted by atomic mass is 9.99. The van der Waals surface area contributed by atoms with E-state index in [-0.39, 0.29) is 5.52 Å². The van der Waals surface area contributed by atoms with Crippen LogP contribution < -0.4 is 9.47 Å². The number of carbonyl (C=O) groups excluding carboxylic acids is 1. The summed E-state index contributed by atoms with van der Waals surface area (Å²) in [6.07, 6.45) is 13.1. The number of hydrogen-bond acceptors (Lipinski definition) is 4. The molecule has 4 nitrogen and oxygen atoms in total. The summed E-state index contributed by atoms with van der Waals surface area (Å²) < 4.78 is 22.9. The van der Waals surface area contributed by atoms with E-state index in [0.717, 1.165) is 18.8 Å². The van der Waals surface area contributed by atoms with Gasteiger partial charge in [0, 0.05) is 0 Å². The second kappa shape index (κ2) is 11.3.